The maximum Gasteiger partial charge on any atom is 0.274 e. The Kier molecular flexibility index (Phi) is 5.71. The first-order valence-electron chi connectivity index (χ1n) is 10.8. The van der Waals surface area contributed by atoms with Gasteiger partial charge in [0.2, 0.25) is 5.43 Å². The number of aromatic nitrogens is 3. The SMILES string of the molecule is COC[C@H]1CN(C2CCC2)C(=O)c2c(O)c(=O)c(-c3nnc(Cc4ccc(F)cc4)s3)cn21. The second kappa shape index (κ2) is 8.68. The van der Waals surface area contributed by atoms with Crippen LogP contribution in [-0.2, 0) is 11.2 Å². The van der Waals surface area contributed by atoms with Crippen molar-refractivity contribution in [2.75, 3.05) is 20.3 Å². The van der Waals surface area contributed by atoms with Crippen LogP contribution >= 0.6 is 11.3 Å². The first-order valence-corrected chi connectivity index (χ1v) is 11.6. The third-order valence-corrected chi connectivity index (χ3v) is 7.27. The number of carbonyl (C=O) groups excluding carboxylic acids is 1. The second-order valence-electron chi connectivity index (χ2n) is 8.43. The van der Waals surface area contributed by atoms with Gasteiger partial charge in [0.05, 0.1) is 18.2 Å². The molecule has 1 fully saturated rings. The molecule has 0 saturated heterocycles. The molecule has 0 bridgehead atoms. The molecule has 1 aliphatic carbocycles. The van der Waals surface area contributed by atoms with E-state index in [1.165, 1.54) is 23.5 Å². The van der Waals surface area contributed by atoms with Crippen molar-refractivity contribution in [1.29, 1.82) is 0 Å². The Morgan fingerprint density at radius 1 is 1.21 bits per heavy atom. The van der Waals surface area contributed by atoms with Crippen molar-refractivity contribution in [3.63, 3.8) is 0 Å². The summed E-state index contributed by atoms with van der Waals surface area (Å²) in [7, 11) is 1.58. The summed E-state index contributed by atoms with van der Waals surface area (Å²) in [5.74, 6) is -1.22. The predicted octanol–water partition coefficient (Wildman–Crippen LogP) is 3.00. The molecule has 0 radical (unpaired) electrons. The first-order chi connectivity index (χ1) is 16.0. The molecule has 5 rings (SSSR count). The molecule has 2 aromatic heterocycles. The number of pyridine rings is 1. The Hall–Kier alpha value is -3.11. The summed E-state index contributed by atoms with van der Waals surface area (Å²) in [6.07, 6.45) is 4.95. The van der Waals surface area contributed by atoms with Gasteiger partial charge in [-0.25, -0.2) is 4.39 Å². The molecule has 10 heteroatoms. The van der Waals surface area contributed by atoms with E-state index in [4.69, 9.17) is 4.74 Å². The highest BCUT2D eigenvalue weighted by Crippen LogP contribution is 2.35. The van der Waals surface area contributed by atoms with Gasteiger partial charge in [-0.3, -0.25) is 9.59 Å². The fourth-order valence-electron chi connectivity index (χ4n) is 4.36. The molecule has 0 spiro atoms. The number of hydrogen-bond acceptors (Lipinski definition) is 7. The summed E-state index contributed by atoms with van der Waals surface area (Å²) < 4.78 is 20.2. The minimum Gasteiger partial charge on any atom is -0.503 e. The number of aromatic hydroxyl groups is 1. The van der Waals surface area contributed by atoms with E-state index in [0.29, 0.717) is 29.6 Å². The number of nitrogens with zero attached hydrogens (tertiary/aromatic N) is 4. The van der Waals surface area contributed by atoms with Crippen molar-refractivity contribution in [3.8, 4) is 16.3 Å². The van der Waals surface area contributed by atoms with E-state index in [1.54, 1.807) is 34.9 Å². The summed E-state index contributed by atoms with van der Waals surface area (Å²) >= 11 is 1.23. The number of carbonyl (C=O) groups is 1. The Labute approximate surface area is 193 Å². The highest BCUT2D eigenvalue weighted by Gasteiger charge is 2.39. The smallest absolute Gasteiger partial charge is 0.274 e. The molecular formula is C23H23FN4O4S. The van der Waals surface area contributed by atoms with Crippen LogP contribution in [-0.4, -0.2) is 57.0 Å². The minimum absolute atomic E-state index is 0.000000888. The van der Waals surface area contributed by atoms with Crippen LogP contribution in [0.25, 0.3) is 10.6 Å². The third kappa shape index (κ3) is 3.93. The normalized spacial score (nSPS) is 18.3. The van der Waals surface area contributed by atoms with Gasteiger partial charge < -0.3 is 19.3 Å². The van der Waals surface area contributed by atoms with Crippen molar-refractivity contribution in [2.24, 2.45) is 0 Å². The molecule has 1 N–H and O–H groups in total. The van der Waals surface area contributed by atoms with E-state index in [-0.39, 0.29) is 35.1 Å². The summed E-state index contributed by atoms with van der Waals surface area (Å²) in [6.45, 7) is 0.787. The van der Waals surface area contributed by atoms with Gasteiger partial charge in [-0.1, -0.05) is 23.5 Å². The van der Waals surface area contributed by atoms with E-state index in [9.17, 15) is 19.1 Å². The van der Waals surface area contributed by atoms with Crippen LogP contribution in [0.15, 0.2) is 35.3 Å². The van der Waals surface area contributed by atoms with Crippen LogP contribution in [0.3, 0.4) is 0 Å². The third-order valence-electron chi connectivity index (χ3n) is 6.32. The van der Waals surface area contributed by atoms with Gasteiger partial charge in [-0.2, -0.15) is 0 Å². The van der Waals surface area contributed by atoms with Crippen LogP contribution in [0.4, 0.5) is 4.39 Å². The van der Waals surface area contributed by atoms with Crippen LogP contribution in [0.1, 0.15) is 46.4 Å². The van der Waals surface area contributed by atoms with Gasteiger partial charge in [0.15, 0.2) is 16.5 Å². The number of ether oxygens (including phenoxy) is 1. The van der Waals surface area contributed by atoms with Crippen LogP contribution in [0.5, 0.6) is 5.75 Å². The Morgan fingerprint density at radius 2 is 1.97 bits per heavy atom. The van der Waals surface area contributed by atoms with Crippen molar-refractivity contribution < 1.29 is 19.0 Å². The number of hydrogen-bond donors (Lipinski definition) is 1. The quantitative estimate of drug-likeness (QED) is 0.595. The fraction of sp³-hybridized carbons (Fsp3) is 0.391. The topological polar surface area (TPSA) is 97.6 Å². The van der Waals surface area contributed by atoms with Gasteiger partial charge in [0.1, 0.15) is 10.8 Å². The molecule has 0 unspecified atom stereocenters. The van der Waals surface area contributed by atoms with E-state index < -0.39 is 11.2 Å². The highest BCUT2D eigenvalue weighted by molar-refractivity contribution is 7.14. The molecule has 33 heavy (non-hydrogen) atoms. The maximum absolute atomic E-state index is 13.2. The van der Waals surface area contributed by atoms with Gasteiger partial charge in [0.25, 0.3) is 5.91 Å². The molecule has 1 aliphatic heterocycles. The molecule has 1 aromatic carbocycles. The number of rotatable bonds is 6. The number of halogens is 1. The number of fused-ring (bicyclic) bond motifs is 1. The van der Waals surface area contributed by atoms with E-state index in [1.807, 2.05) is 0 Å². The highest BCUT2D eigenvalue weighted by atomic mass is 32.1. The summed E-state index contributed by atoms with van der Waals surface area (Å²) in [5, 5.41) is 20.1. The molecular weight excluding hydrogens is 447 g/mol. The average Bonchev–Trinajstić information content (AvgIpc) is 3.22. The Bertz CT molecular complexity index is 1250. The van der Waals surface area contributed by atoms with Crippen molar-refractivity contribution in [1.82, 2.24) is 19.7 Å². The molecule has 172 valence electrons. The summed E-state index contributed by atoms with van der Waals surface area (Å²) in [4.78, 5) is 28.0. The van der Waals surface area contributed by atoms with E-state index in [2.05, 4.69) is 10.2 Å². The zero-order valence-corrected chi connectivity index (χ0v) is 18.8. The Morgan fingerprint density at radius 3 is 2.64 bits per heavy atom. The number of amides is 1. The van der Waals surface area contributed by atoms with Crippen LogP contribution in [0, 0.1) is 5.82 Å². The molecule has 1 amide bonds. The van der Waals surface area contributed by atoms with Crippen LogP contribution in [0.2, 0.25) is 0 Å². The zero-order valence-electron chi connectivity index (χ0n) is 18.0. The lowest BCUT2D eigenvalue weighted by atomic mass is 9.90. The molecule has 1 saturated carbocycles. The van der Waals surface area contributed by atoms with E-state index >= 15 is 0 Å². The molecule has 1 atom stereocenters. The van der Waals surface area contributed by atoms with Crippen molar-refractivity contribution >= 4 is 17.2 Å². The van der Waals surface area contributed by atoms with Gasteiger partial charge in [0, 0.05) is 32.3 Å². The Balaban J connectivity index is 1.51. The minimum atomic E-state index is -0.647. The van der Waals surface area contributed by atoms with Crippen molar-refractivity contribution in [2.45, 2.75) is 37.8 Å². The predicted molar refractivity (Wildman–Crippen MR) is 120 cm³/mol. The summed E-state index contributed by atoms with van der Waals surface area (Å²) in [5.41, 5.74) is 0.404. The largest absolute Gasteiger partial charge is 0.503 e. The molecule has 3 heterocycles. The second-order valence-corrected chi connectivity index (χ2v) is 9.49. The first kappa shape index (κ1) is 21.7. The van der Waals surface area contributed by atoms with Crippen LogP contribution < -0.4 is 5.43 Å². The molecule has 2 aliphatic rings. The van der Waals surface area contributed by atoms with Gasteiger partial charge >= 0.3 is 0 Å². The maximum atomic E-state index is 13.2. The lowest BCUT2D eigenvalue weighted by Crippen LogP contribution is -2.52. The zero-order chi connectivity index (χ0) is 23.1. The number of benzene rings is 1. The van der Waals surface area contributed by atoms with Gasteiger partial charge in [-0.15, -0.1) is 10.2 Å². The van der Waals surface area contributed by atoms with Crippen molar-refractivity contribution in [3.05, 3.63) is 62.8 Å². The lowest BCUT2D eigenvalue weighted by molar-refractivity contribution is 0.0360. The van der Waals surface area contributed by atoms with Gasteiger partial charge in [-0.05, 0) is 37.0 Å². The fourth-order valence-corrected chi connectivity index (χ4v) is 5.24. The lowest BCUT2D eigenvalue weighted by Gasteiger charge is -2.43. The molecule has 3 aromatic rings. The number of methoxy groups -OCH3 is 1. The summed E-state index contributed by atoms with van der Waals surface area (Å²) in [6, 6.07) is 6.00. The monoisotopic (exact) mass is 470 g/mol. The van der Waals surface area contributed by atoms with E-state index in [0.717, 1.165) is 24.8 Å². The average molecular weight is 471 g/mol. The standard InChI is InChI=1S/C23H23FN4O4S/c1-32-12-16-10-28(15-3-2-4-15)23(31)19-21(30)20(29)17(11-27(16)19)22-26-25-18(33-22)9-13-5-7-14(24)8-6-13/h5-8,11,15-16,30H,2-4,9-10,12H2,1H3/t16-/m1/s1. The molecule has 8 nitrogen and oxygen atoms in total.